The minimum atomic E-state index is 0.248. The molecule has 4 nitrogen and oxygen atoms in total. The van der Waals surface area contributed by atoms with Crippen LogP contribution in [-0.2, 0) is 4.79 Å². The molecule has 0 aromatic carbocycles. The Morgan fingerprint density at radius 1 is 1.16 bits per heavy atom. The van der Waals surface area contributed by atoms with Gasteiger partial charge >= 0.3 is 0 Å². The summed E-state index contributed by atoms with van der Waals surface area (Å²) in [4.78, 5) is 14.4. The van der Waals surface area contributed by atoms with Crippen molar-refractivity contribution in [3.63, 3.8) is 0 Å². The van der Waals surface area contributed by atoms with Crippen molar-refractivity contribution in [2.75, 3.05) is 13.1 Å². The summed E-state index contributed by atoms with van der Waals surface area (Å²) in [5.41, 5.74) is 0. The molecule has 3 aliphatic heterocycles. The number of piperidine rings is 1. The molecule has 1 amide bonds. The van der Waals surface area contributed by atoms with Crippen molar-refractivity contribution < 1.29 is 4.79 Å². The third-order valence-electron chi connectivity index (χ3n) is 5.21. The molecule has 4 heteroatoms. The van der Waals surface area contributed by atoms with Gasteiger partial charge in [-0.25, -0.2) is 0 Å². The van der Waals surface area contributed by atoms with Gasteiger partial charge in [0.05, 0.1) is 0 Å². The minimum Gasteiger partial charge on any atom is -0.356 e. The molecule has 19 heavy (non-hydrogen) atoms. The second-order valence-electron chi connectivity index (χ2n) is 6.44. The number of rotatable bonds is 3. The smallest absolute Gasteiger partial charge is 0.221 e. The van der Waals surface area contributed by atoms with Crippen molar-refractivity contribution in [3.05, 3.63) is 0 Å². The molecule has 3 rings (SSSR count). The number of carbonyl (C=O) groups excluding carboxylic acids is 1. The fourth-order valence-corrected chi connectivity index (χ4v) is 4.35. The summed E-state index contributed by atoms with van der Waals surface area (Å²) in [7, 11) is 0. The number of amides is 1. The molecule has 3 atom stereocenters. The summed E-state index contributed by atoms with van der Waals surface area (Å²) in [6, 6.07) is 2.63. The lowest BCUT2D eigenvalue weighted by atomic mass is 9.95. The van der Waals surface area contributed by atoms with Crippen molar-refractivity contribution in [2.45, 2.75) is 76.0 Å². The lowest BCUT2D eigenvalue weighted by molar-refractivity contribution is -0.122. The molecule has 0 saturated carbocycles. The largest absolute Gasteiger partial charge is 0.356 e. The number of fused-ring (bicyclic) bond motifs is 2. The summed E-state index contributed by atoms with van der Waals surface area (Å²) in [6.45, 7) is 4.21. The van der Waals surface area contributed by atoms with E-state index in [0.717, 1.165) is 31.6 Å². The lowest BCUT2D eigenvalue weighted by Crippen LogP contribution is -2.52. The highest BCUT2D eigenvalue weighted by Crippen LogP contribution is 2.31. The van der Waals surface area contributed by atoms with Gasteiger partial charge in [-0.15, -0.1) is 0 Å². The maximum absolute atomic E-state index is 11.8. The van der Waals surface area contributed by atoms with Crippen LogP contribution in [0.15, 0.2) is 0 Å². The second kappa shape index (κ2) is 5.80. The predicted molar refractivity (Wildman–Crippen MR) is 76.0 cm³/mol. The Balaban J connectivity index is 1.67. The number of nitrogens with zero attached hydrogens (tertiary/aromatic N) is 1. The van der Waals surface area contributed by atoms with Crippen molar-refractivity contribution in [1.29, 1.82) is 0 Å². The molecule has 0 aromatic heterocycles. The van der Waals surface area contributed by atoms with Crippen LogP contribution in [0.5, 0.6) is 0 Å². The monoisotopic (exact) mass is 265 g/mol. The maximum Gasteiger partial charge on any atom is 0.221 e. The van der Waals surface area contributed by atoms with E-state index in [-0.39, 0.29) is 5.91 Å². The van der Waals surface area contributed by atoms with E-state index in [4.69, 9.17) is 0 Å². The van der Waals surface area contributed by atoms with Crippen molar-refractivity contribution in [2.24, 2.45) is 0 Å². The Hall–Kier alpha value is -0.610. The van der Waals surface area contributed by atoms with Gasteiger partial charge in [0.1, 0.15) is 0 Å². The topological polar surface area (TPSA) is 44.4 Å². The van der Waals surface area contributed by atoms with Crippen molar-refractivity contribution in [3.8, 4) is 0 Å². The highest BCUT2D eigenvalue weighted by molar-refractivity contribution is 5.76. The average molecular weight is 265 g/mol. The first-order chi connectivity index (χ1) is 9.26. The average Bonchev–Trinajstić information content (AvgIpc) is 2.61. The molecule has 0 aliphatic carbocycles. The Labute approximate surface area is 116 Å². The van der Waals surface area contributed by atoms with Crippen LogP contribution in [0, 0.1) is 0 Å². The molecule has 3 heterocycles. The Kier molecular flexibility index (Phi) is 4.08. The Bertz CT molecular complexity index is 321. The maximum atomic E-state index is 11.8. The van der Waals surface area contributed by atoms with E-state index in [0.29, 0.717) is 18.5 Å². The molecule has 0 radical (unpaired) electrons. The lowest BCUT2D eigenvalue weighted by Gasteiger charge is -2.41. The van der Waals surface area contributed by atoms with Gasteiger partial charge in [0.25, 0.3) is 0 Å². The van der Waals surface area contributed by atoms with Gasteiger partial charge in [-0.05, 0) is 45.1 Å². The first kappa shape index (κ1) is 13.4. The van der Waals surface area contributed by atoms with Gasteiger partial charge in [0.15, 0.2) is 0 Å². The van der Waals surface area contributed by atoms with E-state index < -0.39 is 0 Å². The standard InChI is InChI=1S/C15H27N3O/c1-2-18(13-4-3-7-16-15(19)10-13)14-8-11-5-6-12(9-14)17-11/h11-14,17H,2-10H2,1H3,(H,16,19). The summed E-state index contributed by atoms with van der Waals surface area (Å²) in [5.74, 6) is 0.248. The van der Waals surface area contributed by atoms with E-state index in [1.165, 1.54) is 32.1 Å². The fourth-order valence-electron chi connectivity index (χ4n) is 4.35. The van der Waals surface area contributed by atoms with Crippen LogP contribution in [0.1, 0.15) is 51.9 Å². The first-order valence-electron chi connectivity index (χ1n) is 8.04. The van der Waals surface area contributed by atoms with Gasteiger partial charge in [-0.2, -0.15) is 0 Å². The number of nitrogens with one attached hydrogen (secondary N) is 2. The summed E-state index contributed by atoms with van der Waals surface area (Å²) >= 11 is 0. The fraction of sp³-hybridized carbons (Fsp3) is 0.933. The van der Waals surface area contributed by atoms with Crippen LogP contribution in [0.4, 0.5) is 0 Å². The van der Waals surface area contributed by atoms with E-state index in [2.05, 4.69) is 22.5 Å². The zero-order valence-electron chi connectivity index (χ0n) is 12.0. The zero-order valence-corrected chi connectivity index (χ0v) is 12.0. The van der Waals surface area contributed by atoms with E-state index >= 15 is 0 Å². The predicted octanol–water partition coefficient (Wildman–Crippen LogP) is 1.26. The third kappa shape index (κ3) is 2.95. The van der Waals surface area contributed by atoms with Gasteiger partial charge in [0.2, 0.25) is 5.91 Å². The van der Waals surface area contributed by atoms with E-state index in [1.54, 1.807) is 0 Å². The van der Waals surface area contributed by atoms with Crippen LogP contribution >= 0.6 is 0 Å². The molecular weight excluding hydrogens is 238 g/mol. The summed E-state index contributed by atoms with van der Waals surface area (Å²) in [5, 5.41) is 6.73. The van der Waals surface area contributed by atoms with Gasteiger partial charge in [0, 0.05) is 37.1 Å². The molecule has 3 unspecified atom stereocenters. The van der Waals surface area contributed by atoms with Gasteiger partial charge < -0.3 is 10.6 Å². The molecule has 0 spiro atoms. The van der Waals surface area contributed by atoms with Crippen molar-refractivity contribution >= 4 is 5.91 Å². The summed E-state index contributed by atoms with van der Waals surface area (Å²) in [6.07, 6.45) is 8.27. The zero-order chi connectivity index (χ0) is 13.2. The first-order valence-corrected chi connectivity index (χ1v) is 8.04. The van der Waals surface area contributed by atoms with E-state index in [9.17, 15) is 4.79 Å². The molecule has 0 aromatic rings. The normalized spacial score (nSPS) is 39.2. The Morgan fingerprint density at radius 3 is 2.58 bits per heavy atom. The summed E-state index contributed by atoms with van der Waals surface area (Å²) < 4.78 is 0. The van der Waals surface area contributed by atoms with Crippen LogP contribution in [0.2, 0.25) is 0 Å². The number of carbonyl (C=O) groups is 1. The molecule has 3 fully saturated rings. The molecule has 2 N–H and O–H groups in total. The SMILES string of the molecule is CCN(C1CCCNC(=O)C1)C1CC2CCC(C1)N2. The highest BCUT2D eigenvalue weighted by atomic mass is 16.1. The van der Waals surface area contributed by atoms with Crippen molar-refractivity contribution in [1.82, 2.24) is 15.5 Å². The molecule has 3 saturated heterocycles. The van der Waals surface area contributed by atoms with Crippen LogP contribution in [-0.4, -0.2) is 48.1 Å². The minimum absolute atomic E-state index is 0.248. The molecule has 3 aliphatic rings. The van der Waals surface area contributed by atoms with Crippen LogP contribution in [0.25, 0.3) is 0 Å². The molecule has 2 bridgehead atoms. The van der Waals surface area contributed by atoms with Crippen LogP contribution < -0.4 is 10.6 Å². The van der Waals surface area contributed by atoms with Gasteiger partial charge in [-0.3, -0.25) is 9.69 Å². The van der Waals surface area contributed by atoms with E-state index in [1.807, 2.05) is 0 Å². The molecular formula is C15H27N3O. The quantitative estimate of drug-likeness (QED) is 0.807. The second-order valence-corrected chi connectivity index (χ2v) is 6.44. The molecule has 108 valence electrons. The number of hydrogen-bond donors (Lipinski definition) is 2. The Morgan fingerprint density at radius 2 is 1.89 bits per heavy atom. The third-order valence-corrected chi connectivity index (χ3v) is 5.21. The van der Waals surface area contributed by atoms with Gasteiger partial charge in [-0.1, -0.05) is 6.92 Å². The number of hydrogen-bond acceptors (Lipinski definition) is 3. The highest BCUT2D eigenvalue weighted by Gasteiger charge is 2.38. The van der Waals surface area contributed by atoms with Crippen LogP contribution in [0.3, 0.4) is 0 Å².